The van der Waals surface area contributed by atoms with Crippen LogP contribution in [0.3, 0.4) is 0 Å². The van der Waals surface area contributed by atoms with Crippen LogP contribution in [0.25, 0.3) is 11.0 Å². The van der Waals surface area contributed by atoms with Gasteiger partial charge >= 0.3 is 0 Å². The van der Waals surface area contributed by atoms with Crippen LogP contribution in [0.15, 0.2) is 30.6 Å². The van der Waals surface area contributed by atoms with E-state index in [2.05, 4.69) is 20.2 Å². The number of ether oxygens (including phenoxy) is 1. The lowest BCUT2D eigenvalue weighted by atomic mass is 10.2. The molecule has 0 bridgehead atoms. The van der Waals surface area contributed by atoms with Crippen molar-refractivity contribution in [1.29, 1.82) is 0 Å². The number of H-pyrrole nitrogens is 1. The first-order valence-corrected chi connectivity index (χ1v) is 8.39. The van der Waals surface area contributed by atoms with Gasteiger partial charge in [-0.3, -0.25) is 9.89 Å². The zero-order valence-corrected chi connectivity index (χ0v) is 14.1. The molecule has 3 heterocycles. The molecule has 25 heavy (non-hydrogen) atoms. The fraction of sp³-hybridized carbons (Fsp3) is 0.412. The van der Waals surface area contributed by atoms with Crippen LogP contribution in [0, 0.1) is 6.92 Å². The molecule has 1 aliphatic rings. The molecule has 1 fully saturated rings. The molecule has 8 nitrogen and oxygen atoms in total. The number of morpholine rings is 1. The fourth-order valence-corrected chi connectivity index (χ4v) is 3.10. The van der Waals surface area contributed by atoms with Gasteiger partial charge in [-0.1, -0.05) is 12.1 Å². The van der Waals surface area contributed by atoms with Crippen molar-refractivity contribution in [3.63, 3.8) is 0 Å². The molecule has 1 amide bonds. The number of nitrogens with zero attached hydrogens (tertiary/aromatic N) is 5. The summed E-state index contributed by atoms with van der Waals surface area (Å²) in [4.78, 5) is 23.1. The number of carbonyl (C=O) groups is 1. The fourth-order valence-electron chi connectivity index (χ4n) is 3.10. The molecule has 8 heteroatoms. The van der Waals surface area contributed by atoms with Gasteiger partial charge in [0.25, 0.3) is 0 Å². The van der Waals surface area contributed by atoms with Crippen molar-refractivity contribution in [3.05, 3.63) is 42.2 Å². The zero-order valence-electron chi connectivity index (χ0n) is 14.1. The van der Waals surface area contributed by atoms with Crippen LogP contribution in [0.1, 0.15) is 24.2 Å². The summed E-state index contributed by atoms with van der Waals surface area (Å²) in [5.74, 6) is 1.46. The Morgan fingerprint density at radius 1 is 1.40 bits per heavy atom. The SMILES string of the molecule is Cc1nc([C@@H]2CN(C(=O)CCn3cnc4ccccc43)CCO2)n[nH]1. The maximum Gasteiger partial charge on any atom is 0.224 e. The molecule has 0 saturated carbocycles. The summed E-state index contributed by atoms with van der Waals surface area (Å²) in [6, 6.07) is 7.93. The number of hydrogen-bond donors (Lipinski definition) is 1. The van der Waals surface area contributed by atoms with Gasteiger partial charge in [0.1, 0.15) is 11.9 Å². The monoisotopic (exact) mass is 340 g/mol. The van der Waals surface area contributed by atoms with Gasteiger partial charge in [-0.05, 0) is 19.1 Å². The Morgan fingerprint density at radius 3 is 3.12 bits per heavy atom. The summed E-state index contributed by atoms with van der Waals surface area (Å²) in [5.41, 5.74) is 1.99. The molecule has 0 spiro atoms. The summed E-state index contributed by atoms with van der Waals surface area (Å²) >= 11 is 0. The highest BCUT2D eigenvalue weighted by molar-refractivity contribution is 5.77. The first kappa shape index (κ1) is 15.8. The van der Waals surface area contributed by atoms with Crippen LogP contribution in [0.4, 0.5) is 0 Å². The quantitative estimate of drug-likeness (QED) is 0.776. The Morgan fingerprint density at radius 2 is 2.28 bits per heavy atom. The van der Waals surface area contributed by atoms with Crippen LogP contribution in [0.5, 0.6) is 0 Å². The Kier molecular flexibility index (Phi) is 4.19. The molecule has 0 radical (unpaired) electrons. The van der Waals surface area contributed by atoms with Crippen molar-refractivity contribution in [2.24, 2.45) is 0 Å². The third kappa shape index (κ3) is 3.25. The smallest absolute Gasteiger partial charge is 0.224 e. The van der Waals surface area contributed by atoms with Crippen LogP contribution < -0.4 is 0 Å². The van der Waals surface area contributed by atoms with Gasteiger partial charge < -0.3 is 14.2 Å². The lowest BCUT2D eigenvalue weighted by Crippen LogP contribution is -2.42. The highest BCUT2D eigenvalue weighted by atomic mass is 16.5. The molecule has 130 valence electrons. The number of hydrogen-bond acceptors (Lipinski definition) is 5. The summed E-state index contributed by atoms with van der Waals surface area (Å²) in [6.45, 7) is 4.04. The van der Waals surface area contributed by atoms with E-state index in [0.29, 0.717) is 38.5 Å². The largest absolute Gasteiger partial charge is 0.366 e. The van der Waals surface area contributed by atoms with Crippen molar-refractivity contribution < 1.29 is 9.53 Å². The molecule has 4 rings (SSSR count). The number of aryl methyl sites for hydroxylation is 2. The standard InChI is InChI=1S/C17H20N6O2/c1-12-19-17(21-20-12)15-10-22(8-9-25-15)16(24)6-7-23-11-18-13-4-2-3-5-14(13)23/h2-5,11,15H,6-10H2,1H3,(H,19,20,21)/t15-/m0/s1. The maximum atomic E-state index is 12.6. The van der Waals surface area contributed by atoms with E-state index in [1.165, 1.54) is 0 Å². The number of carbonyl (C=O) groups excluding carboxylic acids is 1. The number of fused-ring (bicyclic) bond motifs is 1. The molecule has 1 aliphatic heterocycles. The van der Waals surface area contributed by atoms with Crippen molar-refractivity contribution in [3.8, 4) is 0 Å². The van der Waals surface area contributed by atoms with Crippen LogP contribution in [0.2, 0.25) is 0 Å². The topological polar surface area (TPSA) is 88.9 Å². The summed E-state index contributed by atoms with van der Waals surface area (Å²) in [6.07, 6.45) is 1.95. The molecule has 1 atom stereocenters. The molecular formula is C17H20N6O2. The molecule has 2 aromatic heterocycles. The molecular weight excluding hydrogens is 320 g/mol. The summed E-state index contributed by atoms with van der Waals surface area (Å²) < 4.78 is 7.73. The lowest BCUT2D eigenvalue weighted by Gasteiger charge is -2.31. The second-order valence-corrected chi connectivity index (χ2v) is 6.15. The second-order valence-electron chi connectivity index (χ2n) is 6.15. The van der Waals surface area contributed by atoms with Crippen LogP contribution in [-0.2, 0) is 16.1 Å². The Hall–Kier alpha value is -2.74. The number of imidazole rings is 1. The molecule has 0 aliphatic carbocycles. The Bertz CT molecular complexity index is 886. The molecule has 0 unspecified atom stereocenters. The Labute approximate surface area is 144 Å². The van der Waals surface area contributed by atoms with Gasteiger partial charge in [0.05, 0.1) is 30.5 Å². The maximum absolute atomic E-state index is 12.6. The number of benzene rings is 1. The zero-order chi connectivity index (χ0) is 17.2. The summed E-state index contributed by atoms with van der Waals surface area (Å²) in [7, 11) is 0. The van der Waals surface area contributed by atoms with Crippen LogP contribution in [-0.4, -0.2) is 55.2 Å². The predicted molar refractivity (Wildman–Crippen MR) is 90.7 cm³/mol. The van der Waals surface area contributed by atoms with Crippen molar-refractivity contribution in [1.82, 2.24) is 29.6 Å². The minimum atomic E-state index is -0.267. The van der Waals surface area contributed by atoms with E-state index >= 15 is 0 Å². The Balaban J connectivity index is 1.39. The number of amides is 1. The average Bonchev–Trinajstić information content (AvgIpc) is 3.26. The van der Waals surface area contributed by atoms with E-state index in [9.17, 15) is 4.79 Å². The van der Waals surface area contributed by atoms with Crippen molar-refractivity contribution in [2.75, 3.05) is 19.7 Å². The predicted octanol–water partition coefficient (Wildman–Crippen LogP) is 1.45. The van der Waals surface area contributed by atoms with E-state index in [0.717, 1.165) is 16.9 Å². The van der Waals surface area contributed by atoms with E-state index in [1.54, 1.807) is 6.33 Å². The van der Waals surface area contributed by atoms with Gasteiger partial charge in [-0.15, -0.1) is 0 Å². The highest BCUT2D eigenvalue weighted by Crippen LogP contribution is 2.20. The number of para-hydroxylation sites is 2. The van der Waals surface area contributed by atoms with E-state index in [-0.39, 0.29) is 12.0 Å². The van der Waals surface area contributed by atoms with E-state index < -0.39 is 0 Å². The third-order valence-electron chi connectivity index (χ3n) is 4.42. The number of aromatic amines is 1. The average molecular weight is 340 g/mol. The number of rotatable bonds is 4. The minimum Gasteiger partial charge on any atom is -0.366 e. The number of nitrogens with one attached hydrogen (secondary N) is 1. The van der Waals surface area contributed by atoms with Crippen molar-refractivity contribution >= 4 is 16.9 Å². The van der Waals surface area contributed by atoms with Gasteiger partial charge in [-0.25, -0.2) is 9.97 Å². The lowest BCUT2D eigenvalue weighted by molar-refractivity contribution is -0.139. The van der Waals surface area contributed by atoms with Crippen LogP contribution >= 0.6 is 0 Å². The molecule has 1 saturated heterocycles. The second kappa shape index (κ2) is 6.64. The number of aromatic nitrogens is 5. The summed E-state index contributed by atoms with van der Waals surface area (Å²) in [5, 5.41) is 6.96. The first-order valence-electron chi connectivity index (χ1n) is 8.39. The van der Waals surface area contributed by atoms with E-state index in [4.69, 9.17) is 4.74 Å². The van der Waals surface area contributed by atoms with Gasteiger partial charge in [0.15, 0.2) is 5.82 Å². The highest BCUT2D eigenvalue weighted by Gasteiger charge is 2.27. The van der Waals surface area contributed by atoms with Crippen molar-refractivity contribution in [2.45, 2.75) is 26.0 Å². The minimum absolute atomic E-state index is 0.110. The molecule has 3 aromatic rings. The van der Waals surface area contributed by atoms with Gasteiger partial charge in [0.2, 0.25) is 5.91 Å². The molecule has 1 N–H and O–H groups in total. The first-order chi connectivity index (χ1) is 12.2. The molecule has 1 aromatic carbocycles. The van der Waals surface area contributed by atoms with Gasteiger partial charge in [0, 0.05) is 19.5 Å². The van der Waals surface area contributed by atoms with Gasteiger partial charge in [-0.2, -0.15) is 5.10 Å². The third-order valence-corrected chi connectivity index (χ3v) is 4.42. The van der Waals surface area contributed by atoms with E-state index in [1.807, 2.05) is 40.7 Å². The normalized spacial score (nSPS) is 18.0.